The van der Waals surface area contributed by atoms with E-state index in [4.69, 9.17) is 38.5 Å². The number of hydrogen-bond donors (Lipinski definition) is 6. The molecule has 0 heterocycles. The third-order valence-electron chi connectivity index (χ3n) is 2.71. The number of unbranched alkanes of at least 4 members (excludes halogenated alkanes) is 10. The minimum atomic E-state index is -4.64. The smallest absolute Gasteiger partial charge is 0.412 e. The van der Waals surface area contributed by atoms with Crippen LogP contribution in [0.25, 0.3) is 0 Å². The van der Waals surface area contributed by atoms with E-state index in [2.05, 4.69) is 13.8 Å². The van der Waals surface area contributed by atoms with Gasteiger partial charge in [0.05, 0.1) is 0 Å². The zero-order valence-corrected chi connectivity index (χ0v) is 18.5. The number of rotatable bonds is 10. The summed E-state index contributed by atoms with van der Waals surface area (Å²) in [5.74, 6) is 0. The van der Waals surface area contributed by atoms with Crippen molar-refractivity contribution in [2.75, 3.05) is 0 Å². The Morgan fingerprint density at radius 2 is 0.615 bits per heavy atom. The van der Waals surface area contributed by atoms with Crippen molar-refractivity contribution >= 4 is 15.6 Å². The van der Waals surface area contributed by atoms with Crippen LogP contribution in [-0.4, -0.2) is 34.8 Å². The van der Waals surface area contributed by atoms with Crippen LogP contribution in [0.1, 0.15) is 98.3 Å². The Labute approximate surface area is 158 Å². The van der Waals surface area contributed by atoms with E-state index in [0.29, 0.717) is 0 Å². The molecule has 0 unspecified atom stereocenters. The first-order valence-electron chi connectivity index (χ1n) is 8.98. The molecule has 0 aromatic carbocycles. The molecule has 0 fully saturated rings. The fourth-order valence-corrected chi connectivity index (χ4v) is 1.74. The summed E-state index contributed by atoms with van der Waals surface area (Å²) in [5, 5.41) is 0. The third-order valence-corrected chi connectivity index (χ3v) is 2.71. The van der Waals surface area contributed by atoms with E-state index in [9.17, 15) is 0 Å². The van der Waals surface area contributed by atoms with Gasteiger partial charge in [0.15, 0.2) is 0 Å². The highest BCUT2D eigenvalue weighted by atomic mass is 31.2. The van der Waals surface area contributed by atoms with Crippen molar-refractivity contribution in [2.45, 2.75) is 98.3 Å². The highest BCUT2D eigenvalue weighted by Crippen LogP contribution is 2.26. The summed E-state index contributed by atoms with van der Waals surface area (Å²) < 4.78 is 17.8. The summed E-state index contributed by atoms with van der Waals surface area (Å²) in [4.78, 5) is 43.1. The second-order valence-corrected chi connectivity index (χ2v) is 7.26. The van der Waals surface area contributed by atoms with Crippen molar-refractivity contribution in [1.82, 2.24) is 0 Å². The van der Waals surface area contributed by atoms with Crippen molar-refractivity contribution in [2.24, 2.45) is 0 Å². The van der Waals surface area contributed by atoms with Crippen molar-refractivity contribution in [3.05, 3.63) is 0 Å². The summed E-state index contributed by atoms with van der Waals surface area (Å²) in [7, 11) is -9.28. The van der Waals surface area contributed by atoms with Crippen LogP contribution >= 0.6 is 15.6 Å². The van der Waals surface area contributed by atoms with E-state index in [1.54, 1.807) is 0 Å². The predicted molar refractivity (Wildman–Crippen MR) is 106 cm³/mol. The fraction of sp³-hybridized carbons (Fsp3) is 1.00. The molecule has 0 bridgehead atoms. The van der Waals surface area contributed by atoms with Crippen LogP contribution < -0.4 is 0 Å². The Balaban J connectivity index is -0.0000000942. The van der Waals surface area contributed by atoms with Gasteiger partial charge in [-0.2, -0.15) is 0 Å². The van der Waals surface area contributed by atoms with Crippen molar-refractivity contribution < 1.29 is 44.0 Å². The molecule has 0 aromatic rings. The molecule has 0 saturated carbocycles. The molecule has 9 nitrogen and oxygen atoms in total. The molecule has 0 amide bonds. The molecule has 0 spiro atoms. The molecule has 0 aromatic heterocycles. The molecular weight excluding hydrogens is 386 g/mol. The largest absolute Gasteiger partial charge is 0.466 e. The van der Waals surface area contributed by atoms with Crippen LogP contribution in [0.15, 0.2) is 0 Å². The minimum Gasteiger partial charge on any atom is -0.412 e. The Hall–Kier alpha value is 0.180. The molecule has 0 aliphatic heterocycles. The molecule has 0 saturated heterocycles. The summed E-state index contributed by atoms with van der Waals surface area (Å²) in [6.45, 7) is 8.56. The number of phosphoric acid groups is 2. The van der Waals surface area contributed by atoms with Crippen LogP contribution in [0.5, 0.6) is 0 Å². The maximum atomic E-state index is 8.88. The Kier molecular flexibility index (Phi) is 39.0. The topological polar surface area (TPSA) is 187 Å². The van der Waals surface area contributed by atoms with Gasteiger partial charge < -0.3 is 34.8 Å². The van der Waals surface area contributed by atoms with E-state index >= 15 is 0 Å². The third kappa shape index (κ3) is 125. The summed E-state index contributed by atoms with van der Waals surface area (Å²) in [6.07, 6.45) is 15.9. The first kappa shape index (κ1) is 37.0. The highest BCUT2D eigenvalue weighted by molar-refractivity contribution is 7.45. The van der Waals surface area contributed by atoms with E-state index in [1.165, 1.54) is 70.6 Å². The zero-order valence-electron chi connectivity index (χ0n) is 16.7. The fourth-order valence-electron chi connectivity index (χ4n) is 1.74. The lowest BCUT2D eigenvalue weighted by Crippen LogP contribution is -1.80. The van der Waals surface area contributed by atoms with Crippen LogP contribution in [-0.2, 0) is 9.13 Å². The van der Waals surface area contributed by atoms with Crippen molar-refractivity contribution in [3.63, 3.8) is 0 Å². The van der Waals surface area contributed by atoms with Gasteiger partial charge in [0.2, 0.25) is 0 Å². The molecule has 11 heteroatoms. The molecule has 26 heavy (non-hydrogen) atoms. The van der Waals surface area contributed by atoms with Gasteiger partial charge in [-0.1, -0.05) is 98.3 Å². The minimum absolute atomic E-state index is 0. The van der Waals surface area contributed by atoms with Gasteiger partial charge in [0.1, 0.15) is 0 Å². The summed E-state index contributed by atoms with van der Waals surface area (Å²) in [6, 6.07) is 0. The second-order valence-electron chi connectivity index (χ2n) is 5.21. The molecule has 0 atom stereocenters. The van der Waals surface area contributed by atoms with E-state index in [1.807, 2.05) is 13.8 Å². The van der Waals surface area contributed by atoms with Gasteiger partial charge in [0, 0.05) is 0 Å². The molecule has 8 N–H and O–H groups in total. The molecule has 0 aliphatic carbocycles. The Morgan fingerprint density at radius 3 is 0.731 bits per heavy atom. The molecule has 0 rings (SSSR count). The highest BCUT2D eigenvalue weighted by Gasteiger charge is 2.00. The SMILES string of the molecule is CC.CCCCCCCCCCCCC.O.O=P(O)(O)O.O=P(O)(O)O. The first-order chi connectivity index (χ1) is 11.4. The van der Waals surface area contributed by atoms with Gasteiger partial charge in [-0.05, 0) is 0 Å². The van der Waals surface area contributed by atoms with E-state index < -0.39 is 15.6 Å². The quantitative estimate of drug-likeness (QED) is 0.224. The van der Waals surface area contributed by atoms with E-state index in [-0.39, 0.29) is 5.48 Å². The first-order valence-corrected chi connectivity index (χ1v) is 12.1. The van der Waals surface area contributed by atoms with Gasteiger partial charge in [-0.15, -0.1) is 0 Å². The monoisotopic (exact) mass is 428 g/mol. The zero-order chi connectivity index (χ0) is 20.8. The normalized spacial score (nSPS) is 10.1. The van der Waals surface area contributed by atoms with Crippen molar-refractivity contribution in [3.8, 4) is 0 Å². The summed E-state index contributed by atoms with van der Waals surface area (Å²) >= 11 is 0. The maximum Gasteiger partial charge on any atom is 0.466 e. The molecular formula is C15H42O9P2. The lowest BCUT2D eigenvalue weighted by atomic mass is 10.1. The van der Waals surface area contributed by atoms with Crippen LogP contribution in [0.2, 0.25) is 0 Å². The van der Waals surface area contributed by atoms with Crippen LogP contribution in [0, 0.1) is 0 Å². The second kappa shape index (κ2) is 27.4. The number of hydrogen-bond acceptors (Lipinski definition) is 2. The van der Waals surface area contributed by atoms with Gasteiger partial charge >= 0.3 is 15.6 Å². The van der Waals surface area contributed by atoms with Crippen LogP contribution in [0.4, 0.5) is 0 Å². The summed E-state index contributed by atoms with van der Waals surface area (Å²) in [5.41, 5.74) is 0. The molecule has 0 radical (unpaired) electrons. The standard InChI is InChI=1S/C13H28.C2H6.2H3O4P.H2O/c1-3-5-7-9-11-13-12-10-8-6-4-2;1-2;2*1-5(2,3)4;/h3-13H2,1-2H3;1-2H3;2*(H3,1,2,3,4);1H2. The predicted octanol–water partition coefficient (Wildman–Crippen LogP) is 3.66. The van der Waals surface area contributed by atoms with Crippen molar-refractivity contribution in [1.29, 1.82) is 0 Å². The average Bonchev–Trinajstić information content (AvgIpc) is 2.44. The maximum absolute atomic E-state index is 8.88. The average molecular weight is 428 g/mol. The van der Waals surface area contributed by atoms with Gasteiger partial charge in [0.25, 0.3) is 0 Å². The molecule has 0 aliphatic rings. The lowest BCUT2D eigenvalue weighted by molar-refractivity contribution is 0.272. The Morgan fingerprint density at radius 1 is 0.500 bits per heavy atom. The van der Waals surface area contributed by atoms with Gasteiger partial charge in [-0.25, -0.2) is 9.13 Å². The lowest BCUT2D eigenvalue weighted by Gasteiger charge is -2.00. The molecule has 166 valence electrons. The Bertz CT molecular complexity index is 270. The van der Waals surface area contributed by atoms with Gasteiger partial charge in [-0.3, -0.25) is 0 Å². The van der Waals surface area contributed by atoms with Crippen LogP contribution in [0.3, 0.4) is 0 Å². The van der Waals surface area contributed by atoms with E-state index in [0.717, 1.165) is 0 Å².